The number of quaternary nitrogens is 2. The molecule has 2 rings (SSSR count). The average molecular weight is 1430 g/mol. The quantitative estimate of drug-likeness (QED) is 0.0231. The van der Waals surface area contributed by atoms with Crippen molar-refractivity contribution < 1.29 is 68.5 Å². The summed E-state index contributed by atoms with van der Waals surface area (Å²) in [5.41, 5.74) is 0. The molecule has 97 heavy (non-hydrogen) atoms. The van der Waals surface area contributed by atoms with Crippen molar-refractivity contribution in [1.29, 1.82) is 0 Å². The van der Waals surface area contributed by atoms with Crippen LogP contribution in [0.5, 0.6) is 0 Å². The van der Waals surface area contributed by atoms with Crippen LogP contribution in [0.25, 0.3) is 0 Å². The molecule has 13 heteroatoms. The van der Waals surface area contributed by atoms with Crippen LogP contribution in [0.2, 0.25) is 0 Å². The van der Waals surface area contributed by atoms with E-state index in [4.69, 9.17) is 14.2 Å². The first-order valence-electron chi connectivity index (χ1n) is 41.2. The lowest BCUT2D eigenvalue weighted by molar-refractivity contribution is -0.929. The zero-order valence-electron chi connectivity index (χ0n) is 65.7. The van der Waals surface area contributed by atoms with Crippen molar-refractivity contribution in [2.45, 2.75) is 378 Å². The molecule has 0 bridgehead atoms. The SMILES string of the molecule is CCCCCCCCCCCC(=O)OCC[N+](CC)(CC)CC.CCCCCCCCCCCC(=O)OCC[N+](CCCC)(CCCC)CCCC.CCCCCCCCCCCC(=O)OCC[n+]1ccccc1.CCCCCCCCCCCCNC(=O)C[n+]1ccccc1.[Br-]. The summed E-state index contributed by atoms with van der Waals surface area (Å²) in [6, 6.07) is 11.8. The highest BCUT2D eigenvalue weighted by Gasteiger charge is 2.26. The molecule has 0 fully saturated rings. The number of hydrogen-bond acceptors (Lipinski definition) is 7. The summed E-state index contributed by atoms with van der Waals surface area (Å²) < 4.78 is 22.5. The zero-order valence-corrected chi connectivity index (χ0v) is 67.3. The molecule has 1 amide bonds. The van der Waals surface area contributed by atoms with E-state index in [0.29, 0.717) is 45.6 Å². The molecule has 0 aromatic carbocycles. The minimum Gasteiger partial charge on any atom is -1.00 e. The highest BCUT2D eigenvalue weighted by molar-refractivity contribution is 5.74. The molecule has 0 aliphatic rings. The second-order valence-electron chi connectivity index (χ2n) is 27.9. The number of carbonyl (C=O) groups excluding carboxylic acids is 4. The number of hydrogen-bond donors (Lipinski definition) is 1. The van der Waals surface area contributed by atoms with Crippen LogP contribution in [0, 0.1) is 0 Å². The molecule has 0 aliphatic heterocycles. The van der Waals surface area contributed by atoms with Gasteiger partial charge in [0.25, 0.3) is 5.91 Å². The van der Waals surface area contributed by atoms with Gasteiger partial charge in [0.1, 0.15) is 26.3 Å². The Morgan fingerprint density at radius 3 is 0.876 bits per heavy atom. The van der Waals surface area contributed by atoms with Crippen molar-refractivity contribution in [2.24, 2.45) is 0 Å². The highest BCUT2D eigenvalue weighted by Crippen LogP contribution is 2.18. The number of halogens is 1. The number of aromatic nitrogens is 2. The smallest absolute Gasteiger partial charge is 0.306 e. The summed E-state index contributed by atoms with van der Waals surface area (Å²) in [5.74, 6) is 0.0634. The van der Waals surface area contributed by atoms with Crippen LogP contribution in [0.15, 0.2) is 61.2 Å². The van der Waals surface area contributed by atoms with Crippen LogP contribution < -0.4 is 31.4 Å². The van der Waals surface area contributed by atoms with Crippen LogP contribution in [0.3, 0.4) is 0 Å². The molecule has 2 heterocycles. The molecule has 12 nitrogen and oxygen atoms in total. The first kappa shape index (κ1) is 97.8. The Labute approximate surface area is 611 Å². The van der Waals surface area contributed by atoms with E-state index in [1.807, 2.05) is 70.3 Å². The topological polar surface area (TPSA) is 116 Å². The number of rotatable bonds is 64. The van der Waals surface area contributed by atoms with Gasteiger partial charge in [-0.25, -0.2) is 4.57 Å². The van der Waals surface area contributed by atoms with Gasteiger partial charge in [0.15, 0.2) is 37.9 Å². The number of unbranched alkanes of at least 4 members (excludes halogenated alkanes) is 36. The maximum Gasteiger partial charge on any atom is 0.306 e. The fourth-order valence-corrected chi connectivity index (χ4v) is 12.4. The van der Waals surface area contributed by atoms with Crippen LogP contribution >= 0.6 is 0 Å². The highest BCUT2D eigenvalue weighted by atomic mass is 79.9. The Morgan fingerprint density at radius 2 is 0.567 bits per heavy atom. The largest absolute Gasteiger partial charge is 1.00 e. The van der Waals surface area contributed by atoms with Gasteiger partial charge in [-0.15, -0.1) is 0 Å². The van der Waals surface area contributed by atoms with Gasteiger partial charge >= 0.3 is 17.9 Å². The molecule has 0 saturated heterocycles. The number of carbonyl (C=O) groups is 4. The summed E-state index contributed by atoms with van der Waals surface area (Å²) >= 11 is 0. The molecular formula is C84H161BrN5O7+3. The maximum atomic E-state index is 12.1. The number of nitrogens with zero attached hydrogens (tertiary/aromatic N) is 4. The molecule has 2 aromatic rings. The van der Waals surface area contributed by atoms with Crippen molar-refractivity contribution >= 4 is 23.8 Å². The predicted molar refractivity (Wildman–Crippen MR) is 408 cm³/mol. The number of likely N-dealkylation sites (N-methyl/N-ethyl adjacent to an activating group) is 1. The second kappa shape index (κ2) is 76.8. The molecular weight excluding hydrogens is 1270 g/mol. The molecule has 0 saturated carbocycles. The maximum absolute atomic E-state index is 12.1. The van der Waals surface area contributed by atoms with Crippen LogP contribution in [-0.4, -0.2) is 112 Å². The number of amides is 1. The third-order valence-corrected chi connectivity index (χ3v) is 19.4. The second-order valence-corrected chi connectivity index (χ2v) is 27.9. The third-order valence-electron chi connectivity index (χ3n) is 19.4. The first-order chi connectivity index (χ1) is 46.9. The van der Waals surface area contributed by atoms with Crippen molar-refractivity contribution in [3.8, 4) is 0 Å². The van der Waals surface area contributed by atoms with E-state index in [9.17, 15) is 19.2 Å². The van der Waals surface area contributed by atoms with E-state index < -0.39 is 0 Å². The van der Waals surface area contributed by atoms with E-state index in [-0.39, 0.29) is 40.8 Å². The van der Waals surface area contributed by atoms with Crippen LogP contribution in [0.1, 0.15) is 365 Å². The minimum atomic E-state index is -0.0560. The van der Waals surface area contributed by atoms with Crippen LogP contribution in [0.4, 0.5) is 0 Å². The zero-order chi connectivity index (χ0) is 70.8. The van der Waals surface area contributed by atoms with Crippen molar-refractivity contribution in [3.63, 3.8) is 0 Å². The molecule has 0 aliphatic carbocycles. The predicted octanol–water partition coefficient (Wildman–Crippen LogP) is 18.4. The normalized spacial score (nSPS) is 11.1. The Bertz CT molecular complexity index is 1910. The summed E-state index contributed by atoms with van der Waals surface area (Å²) in [6.07, 6.45) is 65.0. The van der Waals surface area contributed by atoms with Gasteiger partial charge in [0.05, 0.1) is 39.3 Å². The average Bonchev–Trinajstić information content (AvgIpc) is 1.36. The molecule has 1 N–H and O–H groups in total. The van der Waals surface area contributed by atoms with Gasteiger partial charge in [-0.2, -0.15) is 4.57 Å². The Morgan fingerprint density at radius 1 is 0.299 bits per heavy atom. The molecule has 0 spiro atoms. The standard InChI is InChI=1S/C26H54NO2.C20H42NO2.C19H32N2O.C19H32NO2.BrH/c1-5-9-13-14-15-16-17-18-19-20-26(28)29-25-24-27(21-10-6-2,22-11-7-3)23-12-8-4;1-5-9-10-11-12-13-14-15-16-17-20(22)23-19-18-21(6-2,7-3)8-4;1-2-3-4-5-6-7-8-9-10-12-15-20-19(22)18-21-16-13-11-14-17-21;1-2-3-4-5-6-7-8-9-11-14-19(21)22-18-17-20-15-12-10-13-16-20;/h5-25H2,1-4H3;5-19H2,1-4H3;11,13-14,16-17H,2-10,12,15,18H2,1H3;10,12-13,15-16H,2-9,11,14,17-18H2,1H3;1H/q2*+1;;+1;. The Hall–Kier alpha value is -3.42. The van der Waals surface area contributed by atoms with Crippen molar-refractivity contribution in [3.05, 3.63) is 61.2 Å². The fraction of sp³-hybridized carbons (Fsp3) is 0.833. The first-order valence-corrected chi connectivity index (χ1v) is 41.2. The summed E-state index contributed by atoms with van der Waals surface area (Å²) in [5, 5.41) is 3.00. The van der Waals surface area contributed by atoms with Gasteiger partial charge in [-0.1, -0.05) is 292 Å². The lowest BCUT2D eigenvalue weighted by atomic mass is 10.1. The fourth-order valence-electron chi connectivity index (χ4n) is 12.4. The van der Waals surface area contributed by atoms with Crippen molar-refractivity contribution in [2.75, 3.05) is 78.7 Å². The molecule has 0 unspecified atom stereocenters. The Balaban J connectivity index is -0.00000122. The summed E-state index contributed by atoms with van der Waals surface area (Å²) in [6.45, 7) is 35.1. The number of pyridine rings is 2. The third kappa shape index (κ3) is 66.9. The molecule has 568 valence electrons. The molecule has 0 atom stereocenters. The van der Waals surface area contributed by atoms with Gasteiger partial charge in [-0.3, -0.25) is 19.2 Å². The lowest BCUT2D eigenvalue weighted by Crippen LogP contribution is -3.00. The van der Waals surface area contributed by atoms with E-state index >= 15 is 0 Å². The van der Waals surface area contributed by atoms with Gasteiger partial charge in [0.2, 0.25) is 6.54 Å². The summed E-state index contributed by atoms with van der Waals surface area (Å²) in [7, 11) is 0. The van der Waals surface area contributed by atoms with Gasteiger partial charge in [-0.05, 0) is 65.7 Å². The lowest BCUT2D eigenvalue weighted by Gasteiger charge is -2.39. The summed E-state index contributed by atoms with van der Waals surface area (Å²) in [4.78, 5) is 47.3. The van der Waals surface area contributed by atoms with E-state index in [2.05, 4.69) is 74.6 Å². The molecule has 0 radical (unpaired) electrons. The number of ether oxygens (including phenoxy) is 3. The molecule has 2 aromatic heterocycles. The van der Waals surface area contributed by atoms with E-state index in [1.54, 1.807) is 0 Å². The number of esters is 3. The Kier molecular flexibility index (Phi) is 77.4. The van der Waals surface area contributed by atoms with Crippen molar-refractivity contribution in [1.82, 2.24) is 5.32 Å². The monoisotopic (exact) mass is 1430 g/mol. The minimum absolute atomic E-state index is 0. The van der Waals surface area contributed by atoms with Gasteiger partial charge < -0.3 is 45.5 Å². The number of nitrogens with one attached hydrogen (secondary N) is 1. The van der Waals surface area contributed by atoms with E-state index in [0.717, 1.165) is 86.9 Å². The van der Waals surface area contributed by atoms with Gasteiger partial charge in [0, 0.05) is 50.1 Å². The van der Waals surface area contributed by atoms with Crippen LogP contribution in [-0.2, 0) is 46.5 Å². The van der Waals surface area contributed by atoms with E-state index in [1.165, 1.54) is 264 Å².